The zero-order valence-corrected chi connectivity index (χ0v) is 13.7. The van der Waals surface area contributed by atoms with Crippen LogP contribution in [0.5, 0.6) is 0 Å². The number of esters is 1. The summed E-state index contributed by atoms with van der Waals surface area (Å²) in [5.41, 5.74) is 5.56. The Bertz CT molecular complexity index is 847. The number of rotatable bonds is 4. The minimum Gasteiger partial charge on any atom is -0.467 e. The van der Waals surface area contributed by atoms with Crippen LogP contribution < -0.4 is 5.73 Å². The maximum atomic E-state index is 12.3. The third-order valence-corrected chi connectivity index (χ3v) is 5.21. The van der Waals surface area contributed by atoms with Crippen LogP contribution in [0.15, 0.2) is 6.07 Å². The molecule has 1 aromatic rings. The first kappa shape index (κ1) is 16.6. The molecule has 0 radical (unpaired) electrons. The van der Waals surface area contributed by atoms with Crippen LogP contribution in [0.25, 0.3) is 0 Å². The van der Waals surface area contributed by atoms with Crippen molar-refractivity contribution >= 4 is 39.6 Å². The molecule has 130 valence electrons. The van der Waals surface area contributed by atoms with Crippen molar-refractivity contribution < 1.29 is 36.4 Å². The van der Waals surface area contributed by atoms with E-state index in [1.54, 1.807) is 0 Å². The van der Waals surface area contributed by atoms with Gasteiger partial charge < -0.3 is 15.4 Å². The fraction of sp³-hybridized carbons (Fsp3) is 0.364. The van der Waals surface area contributed by atoms with Gasteiger partial charge in [0.25, 0.3) is 5.91 Å². The molecule has 11 nitrogen and oxygen atoms in total. The van der Waals surface area contributed by atoms with Gasteiger partial charge in [0.2, 0.25) is 0 Å². The van der Waals surface area contributed by atoms with Gasteiger partial charge in [-0.15, -0.1) is 15.6 Å². The number of primary amides is 1. The fourth-order valence-electron chi connectivity index (χ4n) is 2.73. The minimum atomic E-state index is -4.96. The summed E-state index contributed by atoms with van der Waals surface area (Å²) in [6.07, 6.45) is 0. The second kappa shape index (κ2) is 5.41. The van der Waals surface area contributed by atoms with Gasteiger partial charge in [-0.2, -0.15) is 13.5 Å². The number of thiophene rings is 1. The Kier molecular flexibility index (Phi) is 3.75. The molecule has 0 aromatic carbocycles. The van der Waals surface area contributed by atoms with Gasteiger partial charge in [0.05, 0.1) is 18.5 Å². The van der Waals surface area contributed by atoms with Crippen LogP contribution in [0.3, 0.4) is 0 Å². The second-order valence-corrected chi connectivity index (χ2v) is 7.09. The van der Waals surface area contributed by atoms with Gasteiger partial charge in [-0.25, -0.2) is 9.59 Å². The smallest absolute Gasteiger partial charge is 0.418 e. The number of ether oxygens (including phenoxy) is 1. The van der Waals surface area contributed by atoms with Gasteiger partial charge in [0, 0.05) is 4.88 Å². The molecule has 3 amide bonds. The first-order valence-corrected chi connectivity index (χ1v) is 8.60. The highest BCUT2D eigenvalue weighted by Gasteiger charge is 2.53. The monoisotopic (exact) mass is 377 g/mol. The number of nitrogens with zero attached hydrogens (tertiary/aromatic N) is 2. The van der Waals surface area contributed by atoms with Gasteiger partial charge >= 0.3 is 22.4 Å². The molecule has 2 aliphatic heterocycles. The number of nitrogens with two attached hydrogens (primary N) is 1. The highest BCUT2D eigenvalue weighted by atomic mass is 32.3. The number of hydrogen-bond acceptors (Lipinski definition) is 8. The molecule has 1 fully saturated rings. The molecular weight excluding hydrogens is 366 g/mol. The topological polar surface area (TPSA) is 157 Å². The average molecular weight is 377 g/mol. The number of urea groups is 1. The van der Waals surface area contributed by atoms with E-state index in [9.17, 15) is 22.8 Å². The molecule has 13 heteroatoms. The Hall–Kier alpha value is -2.22. The molecule has 3 rings (SSSR count). The van der Waals surface area contributed by atoms with Crippen molar-refractivity contribution in [3.05, 3.63) is 21.4 Å². The van der Waals surface area contributed by atoms with Crippen molar-refractivity contribution in [2.24, 2.45) is 5.73 Å². The van der Waals surface area contributed by atoms with Gasteiger partial charge in [-0.1, -0.05) is 0 Å². The van der Waals surface area contributed by atoms with E-state index < -0.39 is 40.4 Å². The van der Waals surface area contributed by atoms with Crippen LogP contribution in [0.4, 0.5) is 4.79 Å². The number of amides is 3. The molecular formula is C11H11N3O8S2. The number of methoxy groups -OCH3 is 1. The lowest BCUT2D eigenvalue weighted by atomic mass is 9.99. The molecule has 0 spiro atoms. The van der Waals surface area contributed by atoms with Crippen molar-refractivity contribution in [1.82, 2.24) is 9.96 Å². The van der Waals surface area contributed by atoms with E-state index in [4.69, 9.17) is 10.3 Å². The molecule has 2 bridgehead atoms. The van der Waals surface area contributed by atoms with Crippen molar-refractivity contribution in [2.75, 3.05) is 13.7 Å². The van der Waals surface area contributed by atoms with Crippen molar-refractivity contribution in [3.8, 4) is 0 Å². The lowest BCUT2D eigenvalue weighted by Gasteiger charge is -2.28. The molecule has 3 heterocycles. The predicted octanol–water partition coefficient (Wildman–Crippen LogP) is -0.412. The summed E-state index contributed by atoms with van der Waals surface area (Å²) in [5, 5.41) is 0.439. The van der Waals surface area contributed by atoms with Gasteiger partial charge in [-0.05, 0) is 11.6 Å². The van der Waals surface area contributed by atoms with Crippen LogP contribution in [0.2, 0.25) is 0 Å². The van der Waals surface area contributed by atoms with Crippen LogP contribution in [0.1, 0.15) is 32.2 Å². The summed E-state index contributed by atoms with van der Waals surface area (Å²) in [7, 11) is -3.83. The first-order valence-electron chi connectivity index (χ1n) is 6.42. The maximum absolute atomic E-state index is 12.3. The van der Waals surface area contributed by atoms with Crippen molar-refractivity contribution in [1.29, 1.82) is 0 Å². The summed E-state index contributed by atoms with van der Waals surface area (Å²) >= 11 is 0.901. The van der Waals surface area contributed by atoms with Crippen molar-refractivity contribution in [2.45, 2.75) is 12.1 Å². The number of hydroxylamine groups is 2. The summed E-state index contributed by atoms with van der Waals surface area (Å²) in [6, 6.07) is -1.67. The Morgan fingerprint density at radius 2 is 2.12 bits per heavy atom. The van der Waals surface area contributed by atoms with Crippen molar-refractivity contribution in [3.63, 3.8) is 0 Å². The summed E-state index contributed by atoms with van der Waals surface area (Å²) in [5.74, 6) is -1.51. The third kappa shape index (κ3) is 2.50. The van der Waals surface area contributed by atoms with Crippen LogP contribution >= 0.6 is 11.3 Å². The fourth-order valence-corrected chi connectivity index (χ4v) is 4.27. The first-order chi connectivity index (χ1) is 11.1. The Morgan fingerprint density at radius 1 is 1.46 bits per heavy atom. The van der Waals surface area contributed by atoms with E-state index in [2.05, 4.69) is 9.02 Å². The van der Waals surface area contributed by atoms with E-state index in [1.807, 2.05) is 0 Å². The quantitative estimate of drug-likeness (QED) is 0.529. The highest BCUT2D eigenvalue weighted by molar-refractivity contribution is 7.80. The average Bonchev–Trinajstić information content (AvgIpc) is 3.03. The molecule has 0 saturated carbocycles. The predicted molar refractivity (Wildman–Crippen MR) is 76.9 cm³/mol. The number of carbonyl (C=O) groups excluding carboxylic acids is 3. The standard InChI is InChI=1S/C11H11N3O8S2/c1-21-10(16)7-8-4(2-6(23-8)9(12)15)5-3-13(7)11(17)14(5)22-24(18,19)20/h2,5,7H,3H2,1H3,(H2,12,15)(H,18,19,20). The Labute approximate surface area is 139 Å². The number of fused-ring (bicyclic) bond motifs is 4. The summed E-state index contributed by atoms with van der Waals surface area (Å²) < 4.78 is 39.8. The SMILES string of the molecule is COC(=O)C1c2sc(C(N)=O)cc2C2CN1C(=O)N2OS(=O)(=O)O. The third-order valence-electron chi connectivity index (χ3n) is 3.64. The molecule has 24 heavy (non-hydrogen) atoms. The zero-order chi connectivity index (χ0) is 17.8. The lowest BCUT2D eigenvalue weighted by Crippen LogP contribution is -2.38. The van der Waals surface area contributed by atoms with E-state index in [1.165, 1.54) is 6.07 Å². The number of carbonyl (C=O) groups is 3. The molecule has 2 atom stereocenters. The minimum absolute atomic E-state index is 0.0872. The Morgan fingerprint density at radius 3 is 2.67 bits per heavy atom. The second-order valence-electron chi connectivity index (χ2n) is 5.00. The zero-order valence-electron chi connectivity index (χ0n) is 12.0. The molecule has 2 unspecified atom stereocenters. The van der Waals surface area contributed by atoms with E-state index in [-0.39, 0.29) is 11.4 Å². The van der Waals surface area contributed by atoms with E-state index in [0.717, 1.165) is 23.3 Å². The molecule has 2 aliphatic rings. The largest absolute Gasteiger partial charge is 0.467 e. The highest BCUT2D eigenvalue weighted by Crippen LogP contribution is 2.47. The molecule has 3 N–H and O–H groups in total. The molecule has 1 aromatic heterocycles. The number of hydrogen-bond donors (Lipinski definition) is 2. The van der Waals surface area contributed by atoms with Crippen LogP contribution in [-0.2, 0) is 24.2 Å². The Balaban J connectivity index is 2.13. The molecule has 1 saturated heterocycles. The van der Waals surface area contributed by atoms with E-state index >= 15 is 0 Å². The summed E-state index contributed by atoms with van der Waals surface area (Å²) in [4.78, 5) is 37.3. The van der Waals surface area contributed by atoms with E-state index in [0.29, 0.717) is 15.5 Å². The van der Waals surface area contributed by atoms with Gasteiger partial charge in [0.1, 0.15) is 6.04 Å². The molecule has 0 aliphatic carbocycles. The maximum Gasteiger partial charge on any atom is 0.418 e. The van der Waals surface area contributed by atoms with Gasteiger partial charge in [-0.3, -0.25) is 9.35 Å². The van der Waals surface area contributed by atoms with Crippen LogP contribution in [-0.4, -0.2) is 54.5 Å². The van der Waals surface area contributed by atoms with Crippen LogP contribution in [0, 0.1) is 0 Å². The van der Waals surface area contributed by atoms with Gasteiger partial charge in [0.15, 0.2) is 6.04 Å². The summed E-state index contributed by atoms with van der Waals surface area (Å²) in [6.45, 7) is -0.0872. The lowest BCUT2D eigenvalue weighted by molar-refractivity contribution is -0.146. The normalized spacial score (nSPS) is 22.5.